The Morgan fingerprint density at radius 2 is 1.51 bits per heavy atom. The number of fused-ring (bicyclic) bond motifs is 11. The van der Waals surface area contributed by atoms with E-state index in [0.29, 0.717) is 29.7 Å². The molecule has 5 aromatic carbocycles. The molecule has 57 heavy (non-hydrogen) atoms. The van der Waals surface area contributed by atoms with Crippen LogP contribution in [-0.4, -0.2) is 12.2 Å². The summed E-state index contributed by atoms with van der Waals surface area (Å²) in [5, 5.41) is 9.64. The molecule has 0 radical (unpaired) electrons. The molecule has 0 spiro atoms. The predicted molar refractivity (Wildman–Crippen MR) is 240 cm³/mol. The average Bonchev–Trinajstić information content (AvgIpc) is 3.63. The van der Waals surface area contributed by atoms with E-state index in [4.69, 9.17) is 0 Å². The molecular weight excluding hydrogens is 689 g/mol. The van der Waals surface area contributed by atoms with Gasteiger partial charge in [-0.1, -0.05) is 140 Å². The third kappa shape index (κ3) is 5.43. The minimum atomic E-state index is 0.275. The van der Waals surface area contributed by atoms with E-state index in [1.54, 1.807) is 5.56 Å². The first-order chi connectivity index (χ1) is 28.3. The van der Waals surface area contributed by atoms with Crippen molar-refractivity contribution in [1.82, 2.24) is 5.32 Å². The predicted octanol–water partition coefficient (Wildman–Crippen LogP) is 13.2. The van der Waals surface area contributed by atoms with Crippen molar-refractivity contribution in [3.63, 3.8) is 0 Å². The van der Waals surface area contributed by atoms with E-state index in [-0.39, 0.29) is 6.17 Å². The Labute approximate surface area is 337 Å². The highest BCUT2D eigenvalue weighted by molar-refractivity contribution is 6.13. The van der Waals surface area contributed by atoms with Gasteiger partial charge in [0.05, 0.1) is 6.04 Å². The van der Waals surface area contributed by atoms with Crippen molar-refractivity contribution < 1.29 is 0 Å². The van der Waals surface area contributed by atoms with Crippen molar-refractivity contribution in [1.29, 1.82) is 0 Å². The first-order valence-corrected chi connectivity index (χ1v) is 21.8. The van der Waals surface area contributed by atoms with Gasteiger partial charge in [0.2, 0.25) is 0 Å². The first-order valence-electron chi connectivity index (χ1n) is 21.8. The van der Waals surface area contributed by atoms with Crippen LogP contribution in [0.4, 0.5) is 5.69 Å². The van der Waals surface area contributed by atoms with Gasteiger partial charge in [-0.2, -0.15) is 0 Å². The summed E-state index contributed by atoms with van der Waals surface area (Å²) in [6.07, 6.45) is 36.5. The summed E-state index contributed by atoms with van der Waals surface area (Å²) < 4.78 is 0. The number of allylic oxidation sites excluding steroid dienone is 11. The molecule has 2 nitrogen and oxygen atoms in total. The molecule has 0 bridgehead atoms. The molecule has 0 saturated carbocycles. The van der Waals surface area contributed by atoms with Crippen LogP contribution in [0.5, 0.6) is 0 Å². The van der Waals surface area contributed by atoms with Gasteiger partial charge in [-0.3, -0.25) is 0 Å². The molecule has 12 rings (SSSR count). The molecule has 1 fully saturated rings. The van der Waals surface area contributed by atoms with Crippen LogP contribution in [0.3, 0.4) is 0 Å². The number of anilines is 1. The Morgan fingerprint density at radius 3 is 2.46 bits per heavy atom. The Bertz CT molecular complexity index is 2680. The molecule has 5 aliphatic carbocycles. The molecule has 5 aromatic rings. The summed E-state index contributed by atoms with van der Waals surface area (Å²) in [6.45, 7) is 0. The van der Waals surface area contributed by atoms with E-state index >= 15 is 0 Å². The molecule has 2 heteroatoms. The zero-order chi connectivity index (χ0) is 37.5. The second-order valence-electron chi connectivity index (χ2n) is 17.7. The van der Waals surface area contributed by atoms with Gasteiger partial charge in [0.25, 0.3) is 0 Å². The van der Waals surface area contributed by atoms with Gasteiger partial charge < -0.3 is 10.2 Å². The van der Waals surface area contributed by atoms with E-state index in [9.17, 15) is 0 Å². The van der Waals surface area contributed by atoms with Crippen LogP contribution >= 0.6 is 0 Å². The topological polar surface area (TPSA) is 15.3 Å². The van der Waals surface area contributed by atoms with Gasteiger partial charge in [0, 0.05) is 29.1 Å². The van der Waals surface area contributed by atoms with Crippen molar-refractivity contribution in [2.24, 2.45) is 23.7 Å². The lowest BCUT2D eigenvalue weighted by molar-refractivity contribution is 0.240. The zero-order valence-electron chi connectivity index (χ0n) is 32.7. The van der Waals surface area contributed by atoms with E-state index in [1.165, 1.54) is 97.6 Å². The summed E-state index contributed by atoms with van der Waals surface area (Å²) in [4.78, 5) is 2.84. The maximum absolute atomic E-state index is 4.13. The molecule has 0 aromatic heterocycles. The van der Waals surface area contributed by atoms with Crippen molar-refractivity contribution >= 4 is 38.9 Å². The van der Waals surface area contributed by atoms with Gasteiger partial charge in [-0.05, 0) is 147 Å². The lowest BCUT2D eigenvalue weighted by Crippen LogP contribution is -2.47. The monoisotopic (exact) mass is 738 g/mol. The molecular formula is C55H50N2. The zero-order valence-corrected chi connectivity index (χ0v) is 32.7. The van der Waals surface area contributed by atoms with Crippen molar-refractivity contribution in [3.8, 4) is 11.1 Å². The maximum atomic E-state index is 4.13. The average molecular weight is 739 g/mol. The highest BCUT2D eigenvalue weighted by Gasteiger charge is 2.51. The first kappa shape index (κ1) is 33.5. The fourth-order valence-electron chi connectivity index (χ4n) is 12.1. The Balaban J connectivity index is 0.801. The summed E-state index contributed by atoms with van der Waals surface area (Å²) in [5.41, 5.74) is 14.2. The summed E-state index contributed by atoms with van der Waals surface area (Å²) in [6, 6.07) is 35.2. The summed E-state index contributed by atoms with van der Waals surface area (Å²) in [5.74, 6) is 2.77. The maximum Gasteiger partial charge on any atom is 0.106 e. The largest absolute Gasteiger partial charge is 0.367 e. The number of aryl methyl sites for hydroxylation is 1. The Kier molecular flexibility index (Phi) is 7.95. The van der Waals surface area contributed by atoms with E-state index in [1.807, 2.05) is 0 Å². The second-order valence-corrected chi connectivity index (χ2v) is 17.7. The number of benzene rings is 5. The van der Waals surface area contributed by atoms with Crippen molar-refractivity contribution in [2.45, 2.75) is 69.5 Å². The molecule has 2 heterocycles. The minimum Gasteiger partial charge on any atom is -0.367 e. The highest BCUT2D eigenvalue weighted by Crippen LogP contribution is 2.54. The highest BCUT2D eigenvalue weighted by atomic mass is 15.4. The van der Waals surface area contributed by atoms with E-state index < -0.39 is 0 Å². The Morgan fingerprint density at radius 1 is 0.649 bits per heavy atom. The minimum absolute atomic E-state index is 0.275. The van der Waals surface area contributed by atoms with Gasteiger partial charge in [0.15, 0.2) is 0 Å². The van der Waals surface area contributed by atoms with Crippen LogP contribution in [-0.2, 0) is 6.42 Å². The van der Waals surface area contributed by atoms with Gasteiger partial charge >= 0.3 is 0 Å². The van der Waals surface area contributed by atoms with Gasteiger partial charge in [0.1, 0.15) is 6.17 Å². The third-order valence-corrected chi connectivity index (χ3v) is 14.8. The van der Waals surface area contributed by atoms with Crippen LogP contribution in [0.25, 0.3) is 44.3 Å². The third-order valence-electron chi connectivity index (χ3n) is 14.8. The number of rotatable bonds is 4. The standard InChI is InChI=1S/C55H50N2/c1-2-18-44-42(16-1)43-17-3-6-21-47(43)51-34-41(30-31-48(44)51)40-15-10-14-39(33-40)38-13-9-12-37(32-38)35-26-28-36(29-27-35)55-56-52-24-11-23-50-46-20-5-4-19-45(46)49-22-7-8-25-53(49)57(55)54(50)52/h1-4,7-10,12-19,22,24-28,30-31,33-34,36-37,45-46,50,54-56H,5-6,11,20-21,23,29,32H2. The van der Waals surface area contributed by atoms with Crippen LogP contribution in [0.15, 0.2) is 163 Å². The number of nitrogens with zero attached hydrogens (tertiary/aromatic N) is 1. The molecule has 2 aliphatic heterocycles. The summed E-state index contributed by atoms with van der Waals surface area (Å²) in [7, 11) is 0. The number of para-hydroxylation sites is 1. The van der Waals surface area contributed by atoms with Crippen LogP contribution in [0, 0.1) is 23.7 Å². The van der Waals surface area contributed by atoms with Crippen molar-refractivity contribution in [3.05, 3.63) is 185 Å². The molecule has 0 amide bonds. The number of hydrogen-bond acceptors (Lipinski definition) is 2. The number of hydrogen-bond donors (Lipinski definition) is 1. The van der Waals surface area contributed by atoms with Crippen LogP contribution < -0.4 is 10.2 Å². The molecule has 1 saturated heterocycles. The fraction of sp³-hybridized carbons (Fsp3) is 0.273. The quantitative estimate of drug-likeness (QED) is 0.146. The molecule has 7 atom stereocenters. The molecule has 7 aliphatic rings. The fourth-order valence-corrected chi connectivity index (χ4v) is 12.1. The van der Waals surface area contributed by atoms with E-state index in [2.05, 4.69) is 168 Å². The SMILES string of the molecule is C1=CC(C2=CCC(C3NC4=CCCC5C6CCC=CC6c6ccccc6N3C45)C=C2)CC(c2cccc(-c3ccc4c(c3)c3c(c5ccccc54)C=CCC3)c2)=C1. The van der Waals surface area contributed by atoms with Crippen molar-refractivity contribution in [2.75, 3.05) is 4.90 Å². The lowest BCUT2D eigenvalue weighted by Gasteiger charge is -2.40. The van der Waals surface area contributed by atoms with E-state index in [0.717, 1.165) is 31.6 Å². The second kappa shape index (κ2) is 13.5. The molecule has 1 N–H and O–H groups in total. The number of nitrogens with one attached hydrogen (secondary N) is 1. The van der Waals surface area contributed by atoms with Crippen LogP contribution in [0.1, 0.15) is 73.1 Å². The lowest BCUT2D eigenvalue weighted by atomic mass is 9.68. The molecule has 280 valence electrons. The smallest absolute Gasteiger partial charge is 0.106 e. The van der Waals surface area contributed by atoms with Crippen LogP contribution in [0.2, 0.25) is 0 Å². The van der Waals surface area contributed by atoms with Gasteiger partial charge in [-0.15, -0.1) is 0 Å². The Hall–Kier alpha value is -5.60. The normalized spacial score (nSPS) is 28.1. The van der Waals surface area contributed by atoms with Gasteiger partial charge in [-0.25, -0.2) is 0 Å². The molecule has 7 unspecified atom stereocenters. The summed E-state index contributed by atoms with van der Waals surface area (Å²) >= 11 is 0.